The van der Waals surface area contributed by atoms with Crippen LogP contribution in [-0.4, -0.2) is 18.5 Å². The van der Waals surface area contributed by atoms with Crippen molar-refractivity contribution >= 4 is 28.9 Å². The van der Waals surface area contributed by atoms with Crippen molar-refractivity contribution in [1.29, 1.82) is 0 Å². The summed E-state index contributed by atoms with van der Waals surface area (Å²) in [6.07, 6.45) is 3.00. The number of aryl methyl sites for hydroxylation is 1. The molecule has 0 aliphatic heterocycles. The van der Waals surface area contributed by atoms with Gasteiger partial charge in [-0.1, -0.05) is 6.92 Å². The molecule has 0 radical (unpaired) electrons. The summed E-state index contributed by atoms with van der Waals surface area (Å²) in [6.45, 7) is 1.61. The number of benzene rings is 1. The summed E-state index contributed by atoms with van der Waals surface area (Å²) in [5, 5.41) is 2.18. The lowest BCUT2D eigenvalue weighted by Crippen LogP contribution is -2.21. The van der Waals surface area contributed by atoms with E-state index in [9.17, 15) is 18.4 Å². The number of hydrogen-bond donors (Lipinski definition) is 1. The molecule has 25 heavy (non-hydrogen) atoms. The van der Waals surface area contributed by atoms with Crippen molar-refractivity contribution < 1.29 is 23.1 Å². The molecule has 0 saturated heterocycles. The molecule has 132 valence electrons. The van der Waals surface area contributed by atoms with Gasteiger partial charge in [0.25, 0.3) is 5.91 Å². The van der Waals surface area contributed by atoms with Crippen LogP contribution in [0.15, 0.2) is 24.3 Å². The summed E-state index contributed by atoms with van der Waals surface area (Å²) >= 11 is 1.39. The molecule has 0 unspecified atom stereocenters. The Bertz CT molecular complexity index is 819. The number of thiophene rings is 1. The van der Waals surface area contributed by atoms with E-state index in [0.29, 0.717) is 10.8 Å². The first-order valence-electron chi connectivity index (χ1n) is 7.96. The average molecular weight is 365 g/mol. The van der Waals surface area contributed by atoms with Crippen LogP contribution in [0.5, 0.6) is 0 Å². The third-order valence-corrected chi connectivity index (χ3v) is 5.28. The number of ether oxygens (including phenoxy) is 1. The van der Waals surface area contributed by atoms with Crippen LogP contribution < -0.4 is 5.32 Å². The van der Waals surface area contributed by atoms with Gasteiger partial charge in [-0.05, 0) is 48.9 Å². The van der Waals surface area contributed by atoms with Crippen LogP contribution in [0, 0.1) is 17.6 Å². The lowest BCUT2D eigenvalue weighted by Gasteiger charge is -2.16. The van der Waals surface area contributed by atoms with E-state index in [4.69, 9.17) is 4.74 Å². The van der Waals surface area contributed by atoms with Crippen LogP contribution in [0.2, 0.25) is 0 Å². The van der Waals surface area contributed by atoms with Crippen molar-refractivity contribution in [2.75, 3.05) is 11.9 Å². The normalized spacial score (nSPS) is 16.2. The Kier molecular flexibility index (Phi) is 5.13. The molecule has 0 saturated carbocycles. The first-order chi connectivity index (χ1) is 11.9. The van der Waals surface area contributed by atoms with Crippen molar-refractivity contribution in [2.45, 2.75) is 26.2 Å². The quantitative estimate of drug-likeness (QED) is 0.835. The van der Waals surface area contributed by atoms with Gasteiger partial charge in [-0.15, -0.1) is 11.3 Å². The molecular formula is C18H17F2NO3S. The van der Waals surface area contributed by atoms with Gasteiger partial charge in [0, 0.05) is 10.9 Å². The number of anilines is 1. The van der Waals surface area contributed by atoms with Crippen LogP contribution in [0.3, 0.4) is 0 Å². The highest BCUT2D eigenvalue weighted by atomic mass is 32.1. The van der Waals surface area contributed by atoms with Gasteiger partial charge in [0.2, 0.25) is 0 Å². The molecule has 0 bridgehead atoms. The number of hydrogen-bond acceptors (Lipinski definition) is 4. The Hall–Kier alpha value is -2.28. The van der Waals surface area contributed by atoms with Crippen LogP contribution in [0.1, 0.15) is 33.5 Å². The van der Waals surface area contributed by atoms with Crippen LogP contribution >= 0.6 is 11.3 Å². The largest absolute Gasteiger partial charge is 0.451 e. The van der Waals surface area contributed by atoms with Gasteiger partial charge in [-0.3, -0.25) is 4.79 Å². The zero-order valence-corrected chi connectivity index (χ0v) is 14.4. The summed E-state index contributed by atoms with van der Waals surface area (Å²) in [5.41, 5.74) is 0.878. The van der Waals surface area contributed by atoms with Crippen LogP contribution in [0.25, 0.3) is 0 Å². The van der Waals surface area contributed by atoms with Gasteiger partial charge in [-0.2, -0.15) is 0 Å². The van der Waals surface area contributed by atoms with Crippen molar-refractivity contribution in [1.82, 2.24) is 0 Å². The van der Waals surface area contributed by atoms with Crippen molar-refractivity contribution in [2.24, 2.45) is 5.92 Å². The molecule has 0 fully saturated rings. The average Bonchev–Trinajstić information content (AvgIpc) is 2.99. The molecule has 1 amide bonds. The van der Waals surface area contributed by atoms with Gasteiger partial charge in [-0.25, -0.2) is 13.6 Å². The number of esters is 1. The smallest absolute Gasteiger partial charge is 0.348 e. The van der Waals surface area contributed by atoms with Crippen LogP contribution in [-0.2, 0) is 22.4 Å². The maximum Gasteiger partial charge on any atom is 0.348 e. The van der Waals surface area contributed by atoms with Crippen molar-refractivity contribution in [3.8, 4) is 0 Å². The van der Waals surface area contributed by atoms with Gasteiger partial charge >= 0.3 is 5.97 Å². The number of carbonyl (C=O) groups excluding carboxylic acids is 2. The van der Waals surface area contributed by atoms with E-state index in [1.165, 1.54) is 21.8 Å². The molecule has 1 N–H and O–H groups in total. The lowest BCUT2D eigenvalue weighted by atomic mass is 9.90. The molecule has 0 spiro atoms. The summed E-state index contributed by atoms with van der Waals surface area (Å²) in [4.78, 5) is 25.5. The maximum absolute atomic E-state index is 13.5. The molecule has 1 aromatic carbocycles. The summed E-state index contributed by atoms with van der Waals surface area (Å²) in [6, 6.07) is 4.55. The fourth-order valence-corrected chi connectivity index (χ4v) is 3.89. The van der Waals surface area contributed by atoms with Gasteiger partial charge < -0.3 is 10.1 Å². The Balaban J connectivity index is 1.57. The first-order valence-corrected chi connectivity index (χ1v) is 8.77. The summed E-state index contributed by atoms with van der Waals surface area (Å²) in [5.74, 6) is -2.15. The summed E-state index contributed by atoms with van der Waals surface area (Å²) in [7, 11) is 0. The predicted octanol–water partition coefficient (Wildman–Crippen LogP) is 3.95. The van der Waals surface area contributed by atoms with Gasteiger partial charge in [0.1, 0.15) is 16.5 Å². The van der Waals surface area contributed by atoms with E-state index >= 15 is 0 Å². The molecule has 7 heteroatoms. The number of amides is 1. The fraction of sp³-hybridized carbons (Fsp3) is 0.333. The maximum atomic E-state index is 13.5. The highest BCUT2D eigenvalue weighted by Gasteiger charge is 2.22. The molecule has 4 nitrogen and oxygen atoms in total. The Morgan fingerprint density at radius 2 is 2.12 bits per heavy atom. The highest BCUT2D eigenvalue weighted by molar-refractivity contribution is 7.14. The van der Waals surface area contributed by atoms with E-state index in [-0.39, 0.29) is 5.69 Å². The third-order valence-electron chi connectivity index (χ3n) is 4.07. The minimum Gasteiger partial charge on any atom is -0.451 e. The molecule has 3 rings (SSSR count). The first kappa shape index (κ1) is 17.5. The number of halogens is 2. The second kappa shape index (κ2) is 7.31. The SMILES string of the molecule is C[C@H]1CCc2sc(C(=O)OCC(=O)Nc3cc(F)ccc3F)cc2C1. The topological polar surface area (TPSA) is 55.4 Å². The molecule has 1 aliphatic rings. The predicted molar refractivity (Wildman–Crippen MR) is 90.8 cm³/mol. The molecule has 1 aromatic heterocycles. The molecule has 1 heterocycles. The van der Waals surface area contributed by atoms with Crippen molar-refractivity contribution in [3.05, 3.63) is 51.2 Å². The molecule has 2 aromatic rings. The number of nitrogens with one attached hydrogen (secondary N) is 1. The summed E-state index contributed by atoms with van der Waals surface area (Å²) < 4.78 is 31.5. The second-order valence-corrected chi connectivity index (χ2v) is 7.29. The highest BCUT2D eigenvalue weighted by Crippen LogP contribution is 2.32. The van der Waals surface area contributed by atoms with Crippen molar-refractivity contribution in [3.63, 3.8) is 0 Å². The minimum absolute atomic E-state index is 0.290. The van der Waals surface area contributed by atoms with E-state index in [2.05, 4.69) is 12.2 Å². The second-order valence-electron chi connectivity index (χ2n) is 6.16. The van der Waals surface area contributed by atoms with E-state index in [1.54, 1.807) is 0 Å². The lowest BCUT2D eigenvalue weighted by molar-refractivity contribution is -0.119. The molecular weight excluding hydrogens is 348 g/mol. The zero-order valence-electron chi connectivity index (χ0n) is 13.6. The third kappa shape index (κ3) is 4.22. The Morgan fingerprint density at radius 1 is 1.32 bits per heavy atom. The molecule has 1 atom stereocenters. The number of rotatable bonds is 4. The van der Waals surface area contributed by atoms with E-state index < -0.39 is 30.1 Å². The van der Waals surface area contributed by atoms with E-state index in [1.807, 2.05) is 6.07 Å². The van der Waals surface area contributed by atoms with Crippen LogP contribution in [0.4, 0.5) is 14.5 Å². The minimum atomic E-state index is -0.763. The number of carbonyl (C=O) groups is 2. The van der Waals surface area contributed by atoms with E-state index in [0.717, 1.165) is 37.5 Å². The Labute approximate surface area is 147 Å². The number of fused-ring (bicyclic) bond motifs is 1. The standard InChI is InChI=1S/C18H17F2NO3S/c1-10-2-5-15-11(6-10)7-16(25-15)18(23)24-9-17(22)21-14-8-12(19)3-4-13(14)20/h3-4,7-8,10H,2,5-6,9H2,1H3,(H,21,22)/t10-/m0/s1. The monoisotopic (exact) mass is 365 g/mol. The van der Waals surface area contributed by atoms with Gasteiger partial charge in [0.15, 0.2) is 6.61 Å². The fourth-order valence-electron chi connectivity index (χ4n) is 2.79. The Morgan fingerprint density at radius 3 is 2.92 bits per heavy atom. The van der Waals surface area contributed by atoms with Gasteiger partial charge in [0.05, 0.1) is 5.69 Å². The zero-order chi connectivity index (χ0) is 18.0. The molecule has 1 aliphatic carbocycles.